The lowest BCUT2D eigenvalue weighted by molar-refractivity contribution is 0.102. The van der Waals surface area contributed by atoms with Crippen LogP contribution < -0.4 is 10.1 Å². The van der Waals surface area contributed by atoms with Crippen molar-refractivity contribution in [3.63, 3.8) is 0 Å². The van der Waals surface area contributed by atoms with Crippen LogP contribution in [0, 0.1) is 0 Å². The Balaban J connectivity index is 1.92. The summed E-state index contributed by atoms with van der Waals surface area (Å²) in [5, 5.41) is 3.19. The zero-order valence-corrected chi connectivity index (χ0v) is 17.1. The molecule has 1 aromatic heterocycles. The first kappa shape index (κ1) is 19.6. The van der Waals surface area contributed by atoms with E-state index >= 15 is 0 Å². The van der Waals surface area contributed by atoms with Gasteiger partial charge < -0.3 is 4.74 Å². The molecule has 0 saturated carbocycles. The molecule has 27 heavy (non-hydrogen) atoms. The van der Waals surface area contributed by atoms with Gasteiger partial charge >= 0.3 is 0 Å². The average Bonchev–Trinajstić information content (AvgIpc) is 3.02. The van der Waals surface area contributed by atoms with E-state index < -0.39 is 15.9 Å². The van der Waals surface area contributed by atoms with Gasteiger partial charge in [0, 0.05) is 14.1 Å². The number of fused-ring (bicyclic) bond motifs is 1. The Bertz CT molecular complexity index is 1130. The molecule has 0 fully saturated rings. The van der Waals surface area contributed by atoms with Crippen LogP contribution >= 0.6 is 22.9 Å². The molecule has 0 radical (unpaired) electrons. The van der Waals surface area contributed by atoms with Crippen molar-refractivity contribution in [1.82, 2.24) is 9.29 Å². The number of nitrogens with zero attached hydrogens (tertiary/aromatic N) is 2. The SMILES string of the molecule is COc1ccc2nc(NC(=O)c3cc(S(=O)(=O)N(C)C)ccc3Cl)sc2c1. The first-order valence-electron chi connectivity index (χ1n) is 7.70. The van der Waals surface area contributed by atoms with Crippen molar-refractivity contribution in [2.24, 2.45) is 0 Å². The topological polar surface area (TPSA) is 88.6 Å². The van der Waals surface area contributed by atoms with Gasteiger partial charge in [-0.05, 0) is 36.4 Å². The number of halogens is 1. The summed E-state index contributed by atoms with van der Waals surface area (Å²) in [7, 11) is 0.720. The summed E-state index contributed by atoms with van der Waals surface area (Å²) in [6.07, 6.45) is 0. The third kappa shape index (κ3) is 3.91. The smallest absolute Gasteiger partial charge is 0.259 e. The number of hydrogen-bond donors (Lipinski definition) is 1. The van der Waals surface area contributed by atoms with Gasteiger partial charge in [-0.1, -0.05) is 22.9 Å². The highest BCUT2D eigenvalue weighted by Crippen LogP contribution is 2.30. The van der Waals surface area contributed by atoms with Gasteiger partial charge in [-0.3, -0.25) is 10.1 Å². The third-order valence-electron chi connectivity index (χ3n) is 3.78. The number of amides is 1. The maximum Gasteiger partial charge on any atom is 0.259 e. The molecule has 0 bridgehead atoms. The van der Waals surface area contributed by atoms with Crippen molar-refractivity contribution in [2.45, 2.75) is 4.90 Å². The lowest BCUT2D eigenvalue weighted by Gasteiger charge is -2.13. The molecule has 0 spiro atoms. The summed E-state index contributed by atoms with van der Waals surface area (Å²) < 4.78 is 31.7. The van der Waals surface area contributed by atoms with E-state index in [2.05, 4.69) is 10.3 Å². The lowest BCUT2D eigenvalue weighted by Crippen LogP contribution is -2.23. The Morgan fingerprint density at radius 3 is 2.63 bits per heavy atom. The molecule has 7 nitrogen and oxygen atoms in total. The van der Waals surface area contributed by atoms with E-state index in [4.69, 9.17) is 16.3 Å². The van der Waals surface area contributed by atoms with Crippen LogP contribution in [-0.2, 0) is 10.0 Å². The monoisotopic (exact) mass is 425 g/mol. The molecule has 3 rings (SSSR count). The Morgan fingerprint density at radius 2 is 1.96 bits per heavy atom. The van der Waals surface area contributed by atoms with Crippen LogP contribution in [0.3, 0.4) is 0 Å². The molecule has 1 amide bonds. The largest absolute Gasteiger partial charge is 0.497 e. The maximum absolute atomic E-state index is 12.6. The van der Waals surface area contributed by atoms with Gasteiger partial charge in [0.1, 0.15) is 5.75 Å². The number of benzene rings is 2. The van der Waals surface area contributed by atoms with Gasteiger partial charge in [0.05, 0.1) is 32.8 Å². The fourth-order valence-corrected chi connectivity index (χ4v) is 4.32. The van der Waals surface area contributed by atoms with E-state index in [1.165, 1.54) is 43.6 Å². The Kier molecular flexibility index (Phi) is 5.38. The average molecular weight is 426 g/mol. The first-order chi connectivity index (χ1) is 12.7. The van der Waals surface area contributed by atoms with Gasteiger partial charge in [0.2, 0.25) is 10.0 Å². The highest BCUT2D eigenvalue weighted by Gasteiger charge is 2.21. The van der Waals surface area contributed by atoms with Crippen molar-refractivity contribution in [1.29, 1.82) is 0 Å². The predicted molar refractivity (Wildman–Crippen MR) is 106 cm³/mol. The molecule has 3 aromatic rings. The molecule has 1 heterocycles. The fraction of sp³-hybridized carbons (Fsp3) is 0.176. The summed E-state index contributed by atoms with van der Waals surface area (Å²) in [5.41, 5.74) is 0.766. The number of anilines is 1. The Hall–Kier alpha value is -2.20. The van der Waals surface area contributed by atoms with Crippen LogP contribution in [0.15, 0.2) is 41.3 Å². The van der Waals surface area contributed by atoms with E-state index in [1.807, 2.05) is 6.07 Å². The summed E-state index contributed by atoms with van der Waals surface area (Å²) >= 11 is 7.38. The lowest BCUT2D eigenvalue weighted by atomic mass is 10.2. The normalized spacial score (nSPS) is 11.7. The minimum absolute atomic E-state index is 0.0175. The van der Waals surface area contributed by atoms with Gasteiger partial charge in [0.25, 0.3) is 5.91 Å². The fourth-order valence-electron chi connectivity index (χ4n) is 2.30. The highest BCUT2D eigenvalue weighted by atomic mass is 35.5. The van der Waals surface area contributed by atoms with Crippen molar-refractivity contribution in [3.8, 4) is 5.75 Å². The third-order valence-corrected chi connectivity index (χ3v) is 6.85. The van der Waals surface area contributed by atoms with Crippen molar-refractivity contribution in [3.05, 3.63) is 47.0 Å². The summed E-state index contributed by atoms with van der Waals surface area (Å²) in [5.74, 6) is 0.149. The predicted octanol–water partition coefficient (Wildman–Crippen LogP) is 3.46. The van der Waals surface area contributed by atoms with Crippen molar-refractivity contribution in [2.75, 3.05) is 26.5 Å². The molecule has 142 valence electrons. The summed E-state index contributed by atoms with van der Waals surface area (Å²) in [6, 6.07) is 9.38. The summed E-state index contributed by atoms with van der Waals surface area (Å²) in [6.45, 7) is 0. The molecule has 0 aliphatic rings. The van der Waals surface area contributed by atoms with Crippen molar-refractivity contribution < 1.29 is 17.9 Å². The minimum atomic E-state index is -3.68. The quantitative estimate of drug-likeness (QED) is 0.676. The molecule has 1 N–H and O–H groups in total. The zero-order valence-electron chi connectivity index (χ0n) is 14.7. The molecule has 0 atom stereocenters. The number of nitrogens with one attached hydrogen (secondary N) is 1. The molecule has 0 unspecified atom stereocenters. The van der Waals surface area contributed by atoms with Gasteiger partial charge in [0.15, 0.2) is 5.13 Å². The van der Waals surface area contributed by atoms with Crippen molar-refractivity contribution >= 4 is 54.2 Å². The second-order valence-electron chi connectivity index (χ2n) is 5.74. The number of rotatable bonds is 5. The van der Waals surface area contributed by atoms with E-state index in [0.29, 0.717) is 16.4 Å². The molecular weight excluding hydrogens is 410 g/mol. The van der Waals surface area contributed by atoms with Crippen LogP contribution in [0.25, 0.3) is 10.2 Å². The van der Waals surface area contributed by atoms with Gasteiger partial charge in [-0.15, -0.1) is 0 Å². The van der Waals surface area contributed by atoms with E-state index in [-0.39, 0.29) is 15.5 Å². The Morgan fingerprint density at radius 1 is 1.22 bits per heavy atom. The number of aromatic nitrogens is 1. The first-order valence-corrected chi connectivity index (χ1v) is 10.3. The van der Waals surface area contributed by atoms with Gasteiger partial charge in [-0.2, -0.15) is 0 Å². The van der Waals surface area contributed by atoms with E-state index in [0.717, 1.165) is 9.01 Å². The second-order valence-corrected chi connectivity index (χ2v) is 9.33. The Labute approximate surface area is 165 Å². The maximum atomic E-state index is 12.6. The highest BCUT2D eigenvalue weighted by molar-refractivity contribution is 7.89. The van der Waals surface area contributed by atoms with Crippen LogP contribution in [0.2, 0.25) is 5.02 Å². The number of carbonyl (C=O) groups excluding carboxylic acids is 1. The van der Waals surface area contributed by atoms with Gasteiger partial charge in [-0.25, -0.2) is 17.7 Å². The van der Waals surface area contributed by atoms with E-state index in [9.17, 15) is 13.2 Å². The number of ether oxygens (including phenoxy) is 1. The van der Waals surface area contributed by atoms with Crippen LogP contribution in [-0.4, -0.2) is 44.8 Å². The number of carbonyl (C=O) groups is 1. The molecular formula is C17H16ClN3O4S2. The van der Waals surface area contributed by atoms with Crippen LogP contribution in [0.5, 0.6) is 5.75 Å². The van der Waals surface area contributed by atoms with Crippen LogP contribution in [0.1, 0.15) is 10.4 Å². The number of methoxy groups -OCH3 is 1. The molecule has 2 aromatic carbocycles. The minimum Gasteiger partial charge on any atom is -0.497 e. The molecule has 0 saturated heterocycles. The summed E-state index contributed by atoms with van der Waals surface area (Å²) in [4.78, 5) is 16.9. The standard InChI is InChI=1S/C17H16ClN3O4S2/c1-21(2)27(23,24)11-5-6-13(18)12(9-11)16(22)20-17-19-14-7-4-10(25-3)8-15(14)26-17/h4-9H,1-3H3,(H,19,20,22). The number of thiazole rings is 1. The number of sulfonamides is 1. The number of hydrogen-bond acceptors (Lipinski definition) is 6. The van der Waals surface area contributed by atoms with Crippen LogP contribution in [0.4, 0.5) is 5.13 Å². The molecule has 0 aliphatic carbocycles. The van der Waals surface area contributed by atoms with E-state index in [1.54, 1.807) is 19.2 Å². The molecule has 10 heteroatoms. The molecule has 0 aliphatic heterocycles. The second kappa shape index (κ2) is 7.43. The zero-order chi connectivity index (χ0) is 19.8.